The third-order valence-corrected chi connectivity index (χ3v) is 2.70. The largest absolute Gasteiger partial charge is 0.346 e. The fourth-order valence-electron chi connectivity index (χ4n) is 1.87. The maximum atomic E-state index is 11.4. The number of benzene rings is 1. The number of aromatic nitrogens is 1. The van der Waals surface area contributed by atoms with E-state index in [9.17, 15) is 4.79 Å². The Balaban J connectivity index is 2.09. The Kier molecular flexibility index (Phi) is 1.96. The van der Waals surface area contributed by atoms with Gasteiger partial charge in [-0.1, -0.05) is 30.3 Å². The first-order valence-electron chi connectivity index (χ1n) is 5.18. The number of nitrogens with one attached hydrogen (secondary N) is 1. The maximum Gasteiger partial charge on any atom is 0.253 e. The smallest absolute Gasteiger partial charge is 0.253 e. The van der Waals surface area contributed by atoms with Gasteiger partial charge in [0.05, 0.1) is 23.5 Å². The van der Waals surface area contributed by atoms with Crippen LogP contribution in [0, 0.1) is 0 Å². The molecule has 0 atom stereocenters. The number of fused-ring (bicyclic) bond motifs is 1. The van der Waals surface area contributed by atoms with Gasteiger partial charge in [0.2, 0.25) is 0 Å². The van der Waals surface area contributed by atoms with Gasteiger partial charge in [-0.2, -0.15) is 0 Å². The van der Waals surface area contributed by atoms with Gasteiger partial charge in [-0.15, -0.1) is 0 Å². The zero-order valence-electron chi connectivity index (χ0n) is 8.60. The molecule has 3 heteroatoms. The van der Waals surface area contributed by atoms with Crippen molar-refractivity contribution in [3.8, 4) is 11.3 Å². The van der Waals surface area contributed by atoms with Crippen LogP contribution in [0.5, 0.6) is 0 Å². The summed E-state index contributed by atoms with van der Waals surface area (Å²) in [6, 6.07) is 13.7. The van der Waals surface area contributed by atoms with Crippen LogP contribution < -0.4 is 5.32 Å². The molecule has 0 aliphatic carbocycles. The van der Waals surface area contributed by atoms with Crippen molar-refractivity contribution in [1.82, 2.24) is 10.3 Å². The molecular weight excluding hydrogens is 200 g/mol. The summed E-state index contributed by atoms with van der Waals surface area (Å²) in [6.45, 7) is 0.537. The highest BCUT2D eigenvalue weighted by molar-refractivity contribution is 5.98. The Morgan fingerprint density at radius 2 is 1.88 bits per heavy atom. The molecule has 0 unspecified atom stereocenters. The molecule has 0 saturated carbocycles. The Labute approximate surface area is 93.1 Å². The summed E-state index contributed by atoms with van der Waals surface area (Å²) in [7, 11) is 0. The van der Waals surface area contributed by atoms with E-state index in [1.54, 1.807) is 0 Å². The van der Waals surface area contributed by atoms with E-state index in [0.29, 0.717) is 12.1 Å². The number of hydrogen-bond donors (Lipinski definition) is 1. The molecule has 16 heavy (non-hydrogen) atoms. The molecule has 1 aliphatic heterocycles. The van der Waals surface area contributed by atoms with Crippen molar-refractivity contribution in [1.29, 1.82) is 0 Å². The van der Waals surface area contributed by atoms with Crippen LogP contribution in [0.1, 0.15) is 16.1 Å². The van der Waals surface area contributed by atoms with Gasteiger partial charge >= 0.3 is 0 Å². The number of carbonyl (C=O) groups excluding carboxylic acids is 1. The Bertz CT molecular complexity index is 549. The van der Waals surface area contributed by atoms with Gasteiger partial charge in [-0.3, -0.25) is 9.78 Å². The molecular formula is C13H10N2O. The second kappa shape index (κ2) is 3.45. The average Bonchev–Trinajstić information content (AvgIpc) is 2.72. The molecule has 0 bridgehead atoms. The van der Waals surface area contributed by atoms with Gasteiger partial charge in [-0.25, -0.2) is 0 Å². The molecule has 2 aromatic rings. The van der Waals surface area contributed by atoms with Crippen LogP contribution in [-0.2, 0) is 6.54 Å². The molecule has 0 fully saturated rings. The molecule has 3 rings (SSSR count). The number of hydrogen-bond acceptors (Lipinski definition) is 2. The molecule has 0 spiro atoms. The molecule has 1 N–H and O–H groups in total. The number of rotatable bonds is 1. The molecule has 0 radical (unpaired) electrons. The van der Waals surface area contributed by atoms with E-state index in [0.717, 1.165) is 17.0 Å². The zero-order chi connectivity index (χ0) is 11.0. The SMILES string of the molecule is O=C1NCc2nc(-c3ccccc3)ccc21. The quantitative estimate of drug-likeness (QED) is 0.782. The monoisotopic (exact) mass is 210 g/mol. The zero-order valence-corrected chi connectivity index (χ0v) is 8.60. The highest BCUT2D eigenvalue weighted by atomic mass is 16.1. The lowest BCUT2D eigenvalue weighted by atomic mass is 10.1. The molecule has 2 heterocycles. The van der Waals surface area contributed by atoms with E-state index in [2.05, 4.69) is 10.3 Å². The minimum Gasteiger partial charge on any atom is -0.346 e. The molecule has 0 saturated heterocycles. The molecule has 1 aromatic carbocycles. The molecule has 1 aliphatic rings. The maximum absolute atomic E-state index is 11.4. The second-order valence-corrected chi connectivity index (χ2v) is 3.74. The van der Waals surface area contributed by atoms with E-state index < -0.39 is 0 Å². The van der Waals surface area contributed by atoms with Gasteiger partial charge in [0.25, 0.3) is 5.91 Å². The number of carbonyl (C=O) groups is 1. The Hall–Kier alpha value is -2.16. The molecule has 78 valence electrons. The third-order valence-electron chi connectivity index (χ3n) is 2.70. The molecule has 3 nitrogen and oxygen atoms in total. The summed E-state index contributed by atoms with van der Waals surface area (Å²) in [5.74, 6) is -0.0258. The van der Waals surface area contributed by atoms with Crippen LogP contribution in [0.25, 0.3) is 11.3 Å². The number of nitrogens with zero attached hydrogens (tertiary/aromatic N) is 1. The topological polar surface area (TPSA) is 42.0 Å². The summed E-state index contributed by atoms with van der Waals surface area (Å²) in [5.41, 5.74) is 3.52. The van der Waals surface area contributed by atoms with Gasteiger partial charge in [0, 0.05) is 5.56 Å². The van der Waals surface area contributed by atoms with E-state index >= 15 is 0 Å². The van der Waals surface area contributed by atoms with Gasteiger partial charge in [-0.05, 0) is 12.1 Å². The summed E-state index contributed by atoms with van der Waals surface area (Å²) in [5, 5.41) is 2.76. The van der Waals surface area contributed by atoms with Crippen molar-refractivity contribution >= 4 is 5.91 Å². The first kappa shape index (κ1) is 9.09. The van der Waals surface area contributed by atoms with Crippen molar-refractivity contribution in [3.05, 3.63) is 53.7 Å². The average molecular weight is 210 g/mol. The standard InChI is InChI=1S/C13H10N2O/c16-13-10-6-7-11(15-12(10)8-14-13)9-4-2-1-3-5-9/h1-7H,8H2,(H,14,16). The second-order valence-electron chi connectivity index (χ2n) is 3.74. The van der Waals surface area contributed by atoms with E-state index in [-0.39, 0.29) is 5.91 Å². The van der Waals surface area contributed by atoms with Crippen LogP contribution in [0.15, 0.2) is 42.5 Å². The van der Waals surface area contributed by atoms with Gasteiger partial charge < -0.3 is 5.32 Å². The summed E-state index contributed by atoms with van der Waals surface area (Å²) in [4.78, 5) is 15.9. The van der Waals surface area contributed by atoms with Gasteiger partial charge in [0.1, 0.15) is 0 Å². The van der Waals surface area contributed by atoms with Crippen molar-refractivity contribution in [2.75, 3.05) is 0 Å². The van der Waals surface area contributed by atoms with Crippen molar-refractivity contribution in [3.63, 3.8) is 0 Å². The normalized spacial score (nSPS) is 13.4. The molecule has 1 aromatic heterocycles. The Morgan fingerprint density at radius 3 is 2.69 bits per heavy atom. The lowest BCUT2D eigenvalue weighted by Crippen LogP contribution is -2.12. The van der Waals surface area contributed by atoms with Crippen LogP contribution in [-0.4, -0.2) is 10.9 Å². The summed E-state index contributed by atoms with van der Waals surface area (Å²) >= 11 is 0. The number of amides is 1. The lowest BCUT2D eigenvalue weighted by Gasteiger charge is -2.02. The molecule has 1 amide bonds. The van der Waals surface area contributed by atoms with E-state index in [1.165, 1.54) is 0 Å². The minimum atomic E-state index is -0.0258. The van der Waals surface area contributed by atoms with E-state index in [1.807, 2.05) is 42.5 Å². The highest BCUT2D eigenvalue weighted by Crippen LogP contribution is 2.20. The van der Waals surface area contributed by atoms with Crippen LogP contribution in [0.3, 0.4) is 0 Å². The fourth-order valence-corrected chi connectivity index (χ4v) is 1.87. The van der Waals surface area contributed by atoms with Crippen LogP contribution in [0.2, 0.25) is 0 Å². The number of pyridine rings is 1. The van der Waals surface area contributed by atoms with Crippen molar-refractivity contribution in [2.24, 2.45) is 0 Å². The van der Waals surface area contributed by atoms with Crippen LogP contribution >= 0.6 is 0 Å². The third kappa shape index (κ3) is 1.37. The highest BCUT2D eigenvalue weighted by Gasteiger charge is 2.20. The van der Waals surface area contributed by atoms with Crippen molar-refractivity contribution in [2.45, 2.75) is 6.54 Å². The van der Waals surface area contributed by atoms with Gasteiger partial charge in [0.15, 0.2) is 0 Å². The fraction of sp³-hybridized carbons (Fsp3) is 0.0769. The predicted molar refractivity (Wildman–Crippen MR) is 60.8 cm³/mol. The summed E-state index contributed by atoms with van der Waals surface area (Å²) in [6.07, 6.45) is 0. The Morgan fingerprint density at radius 1 is 1.06 bits per heavy atom. The first-order chi connectivity index (χ1) is 7.84. The first-order valence-corrected chi connectivity index (χ1v) is 5.18. The predicted octanol–water partition coefficient (Wildman–Crippen LogP) is 1.99. The van der Waals surface area contributed by atoms with Crippen molar-refractivity contribution < 1.29 is 4.79 Å². The lowest BCUT2D eigenvalue weighted by molar-refractivity contribution is 0.0966. The summed E-state index contributed by atoms with van der Waals surface area (Å²) < 4.78 is 0. The van der Waals surface area contributed by atoms with E-state index in [4.69, 9.17) is 0 Å². The van der Waals surface area contributed by atoms with Crippen LogP contribution in [0.4, 0.5) is 0 Å². The minimum absolute atomic E-state index is 0.0258.